The van der Waals surface area contributed by atoms with Gasteiger partial charge in [0, 0.05) is 36.6 Å². The van der Waals surface area contributed by atoms with Crippen LogP contribution in [0.4, 0.5) is 0 Å². The predicted octanol–water partition coefficient (Wildman–Crippen LogP) is 8.80. The quantitative estimate of drug-likeness (QED) is 0.243. The molecule has 0 saturated carbocycles. The van der Waals surface area contributed by atoms with Crippen molar-refractivity contribution in [3.63, 3.8) is 0 Å². The van der Waals surface area contributed by atoms with Gasteiger partial charge in [0.15, 0.2) is 0 Å². The van der Waals surface area contributed by atoms with Crippen LogP contribution in [0.5, 0.6) is 0 Å². The maximum atomic E-state index is 6.41. The fraction of sp³-hybridized carbons (Fsp3) is 0.259. The molecule has 0 fully saturated rings. The molecule has 176 valence electrons. The normalized spacial score (nSPS) is 10.8. The second-order valence-electron chi connectivity index (χ2n) is 8.45. The molecule has 0 saturated heterocycles. The number of rotatable bonds is 4. The van der Waals surface area contributed by atoms with Crippen LogP contribution in [-0.4, -0.2) is 15.8 Å². The van der Waals surface area contributed by atoms with Crippen molar-refractivity contribution >= 4 is 63.0 Å². The molecule has 1 heterocycles. The van der Waals surface area contributed by atoms with E-state index in [4.69, 9.17) is 11.6 Å². The van der Waals surface area contributed by atoms with Crippen LogP contribution in [0.25, 0.3) is 10.9 Å². The predicted molar refractivity (Wildman–Crippen MR) is 155 cm³/mol. The molecule has 0 aliphatic carbocycles. The first-order valence-electron chi connectivity index (χ1n) is 10.7. The molecule has 0 atom stereocenters. The highest BCUT2D eigenvalue weighted by Crippen LogP contribution is 2.35. The first-order chi connectivity index (χ1) is 15.6. The SMILES string of the molecule is CC(C)(C)S.CN.Cc1ccc(Sn2c(Cc3ccccc3Cl)cc3cccc(Br)c32)cc1. The van der Waals surface area contributed by atoms with Crippen LogP contribution >= 0.6 is 52.1 Å². The number of para-hydroxylation sites is 1. The van der Waals surface area contributed by atoms with Crippen molar-refractivity contribution in [2.24, 2.45) is 5.73 Å². The molecule has 2 N–H and O–H groups in total. The Labute approximate surface area is 221 Å². The van der Waals surface area contributed by atoms with Crippen LogP contribution in [0.1, 0.15) is 37.6 Å². The van der Waals surface area contributed by atoms with Gasteiger partial charge >= 0.3 is 0 Å². The van der Waals surface area contributed by atoms with E-state index in [1.807, 2.05) is 18.2 Å². The Balaban J connectivity index is 0.000000489. The van der Waals surface area contributed by atoms with Crippen molar-refractivity contribution in [2.75, 3.05) is 7.05 Å². The zero-order valence-corrected chi connectivity index (χ0v) is 23.8. The third-order valence-corrected chi connectivity index (χ3v) is 6.44. The lowest BCUT2D eigenvalue weighted by Crippen LogP contribution is -1.99. The first-order valence-corrected chi connectivity index (χ1v) is 13.1. The fourth-order valence-electron chi connectivity index (χ4n) is 3.01. The fourth-order valence-corrected chi connectivity index (χ4v) is 4.89. The summed E-state index contributed by atoms with van der Waals surface area (Å²) in [5.74, 6) is 0. The van der Waals surface area contributed by atoms with Gasteiger partial charge in [0.25, 0.3) is 0 Å². The van der Waals surface area contributed by atoms with Crippen molar-refractivity contribution in [1.82, 2.24) is 3.97 Å². The van der Waals surface area contributed by atoms with Crippen molar-refractivity contribution in [3.05, 3.63) is 99.1 Å². The molecule has 33 heavy (non-hydrogen) atoms. The number of aryl methyl sites for hydroxylation is 1. The van der Waals surface area contributed by atoms with Gasteiger partial charge < -0.3 is 5.73 Å². The van der Waals surface area contributed by atoms with Gasteiger partial charge in [0.1, 0.15) is 0 Å². The Kier molecular flexibility index (Phi) is 10.9. The van der Waals surface area contributed by atoms with Gasteiger partial charge in [0.2, 0.25) is 0 Å². The molecule has 2 nitrogen and oxygen atoms in total. The minimum absolute atomic E-state index is 0.194. The number of nitrogens with zero attached hydrogens (tertiary/aromatic N) is 1. The van der Waals surface area contributed by atoms with E-state index in [1.54, 1.807) is 11.9 Å². The van der Waals surface area contributed by atoms with Crippen LogP contribution in [-0.2, 0) is 6.42 Å². The molecule has 0 spiro atoms. The van der Waals surface area contributed by atoms with Crippen LogP contribution in [0, 0.1) is 6.92 Å². The number of fused-ring (bicyclic) bond motifs is 1. The van der Waals surface area contributed by atoms with Crippen molar-refractivity contribution < 1.29 is 0 Å². The monoisotopic (exact) mass is 562 g/mol. The highest BCUT2D eigenvalue weighted by Gasteiger charge is 2.14. The van der Waals surface area contributed by atoms with Crippen LogP contribution < -0.4 is 5.73 Å². The summed E-state index contributed by atoms with van der Waals surface area (Å²) in [5.41, 5.74) is 9.33. The molecule has 6 heteroatoms. The molecule has 0 aliphatic rings. The van der Waals surface area contributed by atoms with E-state index in [9.17, 15) is 0 Å². The second-order valence-corrected chi connectivity index (χ2v) is 12.1. The highest BCUT2D eigenvalue weighted by molar-refractivity contribution is 9.10. The number of nitrogens with two attached hydrogens (primary N) is 1. The summed E-state index contributed by atoms with van der Waals surface area (Å²) in [5, 5.41) is 2.03. The summed E-state index contributed by atoms with van der Waals surface area (Å²) in [4.78, 5) is 1.21. The van der Waals surface area contributed by atoms with Gasteiger partial charge in [-0.15, -0.1) is 0 Å². The largest absolute Gasteiger partial charge is 0.333 e. The van der Waals surface area contributed by atoms with Gasteiger partial charge in [-0.25, -0.2) is 0 Å². The number of hydrogen-bond donors (Lipinski definition) is 2. The molecule has 4 aromatic rings. The smallest absolute Gasteiger partial charge is 0.0740 e. The molecular formula is C27H32BrClN2S2. The average Bonchev–Trinajstić information content (AvgIpc) is 3.10. The summed E-state index contributed by atoms with van der Waals surface area (Å²) < 4.78 is 3.60. The maximum absolute atomic E-state index is 6.41. The molecular weight excluding hydrogens is 532 g/mol. The molecule has 0 radical (unpaired) electrons. The van der Waals surface area contributed by atoms with Gasteiger partial charge in [-0.1, -0.05) is 80.4 Å². The summed E-state index contributed by atoms with van der Waals surface area (Å²) in [6, 6.07) is 25.3. The van der Waals surface area contributed by atoms with Crippen molar-refractivity contribution in [1.29, 1.82) is 0 Å². The minimum atomic E-state index is 0.194. The maximum Gasteiger partial charge on any atom is 0.0740 e. The standard InChI is InChI=1S/C22H17BrClNS.C4H10S.CH5N/c1-15-9-11-19(12-10-15)26-25-18(13-16-5-2-3-8-21(16)24)14-17-6-4-7-20(23)22(17)25;1-4(2,3)5;1-2/h2-12,14H,13H2,1H3;5H,1-3H3;2H2,1H3. The van der Waals surface area contributed by atoms with E-state index in [-0.39, 0.29) is 4.75 Å². The lowest BCUT2D eigenvalue weighted by atomic mass is 10.1. The zero-order valence-electron chi connectivity index (χ0n) is 19.8. The number of aromatic nitrogens is 1. The Morgan fingerprint density at radius 3 is 2.18 bits per heavy atom. The van der Waals surface area contributed by atoms with Crippen LogP contribution in [0.15, 0.2) is 82.2 Å². The zero-order chi connectivity index (χ0) is 24.6. The van der Waals surface area contributed by atoms with Gasteiger partial charge in [0.05, 0.1) is 5.52 Å². The molecule has 0 amide bonds. The van der Waals surface area contributed by atoms with E-state index in [2.05, 4.69) is 121 Å². The van der Waals surface area contributed by atoms with E-state index in [0.29, 0.717) is 0 Å². The van der Waals surface area contributed by atoms with Crippen molar-refractivity contribution in [2.45, 2.75) is 43.8 Å². The molecule has 1 aromatic heterocycles. The summed E-state index contributed by atoms with van der Waals surface area (Å²) in [6.45, 7) is 8.27. The molecule has 0 aliphatic heterocycles. The topological polar surface area (TPSA) is 30.9 Å². The number of halogens is 2. The summed E-state index contributed by atoms with van der Waals surface area (Å²) in [7, 11) is 1.50. The summed E-state index contributed by atoms with van der Waals surface area (Å²) >= 11 is 16.0. The average molecular weight is 564 g/mol. The third kappa shape index (κ3) is 8.73. The van der Waals surface area contributed by atoms with Gasteiger partial charge in [-0.05, 0) is 77.7 Å². The summed E-state index contributed by atoms with van der Waals surface area (Å²) in [6.07, 6.45) is 0.791. The lowest BCUT2D eigenvalue weighted by Gasteiger charge is -2.12. The Morgan fingerprint density at radius 1 is 0.970 bits per heavy atom. The van der Waals surface area contributed by atoms with E-state index < -0.39 is 0 Å². The molecule has 0 bridgehead atoms. The third-order valence-electron chi connectivity index (χ3n) is 4.35. The minimum Gasteiger partial charge on any atom is -0.333 e. The molecule has 3 aromatic carbocycles. The molecule has 4 rings (SSSR count). The number of hydrogen-bond acceptors (Lipinski definition) is 3. The first kappa shape index (κ1) is 27.9. The van der Waals surface area contributed by atoms with Crippen LogP contribution in [0.2, 0.25) is 5.02 Å². The van der Waals surface area contributed by atoms with E-state index in [0.717, 1.165) is 21.5 Å². The Bertz CT molecular complexity index is 1160. The Hall–Kier alpha value is -1.37. The number of benzene rings is 3. The second kappa shape index (κ2) is 12.9. The van der Waals surface area contributed by atoms with E-state index in [1.165, 1.54) is 34.1 Å². The van der Waals surface area contributed by atoms with E-state index >= 15 is 0 Å². The molecule has 0 unspecified atom stereocenters. The Morgan fingerprint density at radius 2 is 1.58 bits per heavy atom. The van der Waals surface area contributed by atoms with Crippen molar-refractivity contribution in [3.8, 4) is 0 Å². The van der Waals surface area contributed by atoms with Gasteiger partial charge in [-0.3, -0.25) is 3.97 Å². The van der Waals surface area contributed by atoms with Gasteiger partial charge in [-0.2, -0.15) is 12.6 Å². The van der Waals surface area contributed by atoms with Crippen LogP contribution in [0.3, 0.4) is 0 Å². The lowest BCUT2D eigenvalue weighted by molar-refractivity contribution is 0.812. The highest BCUT2D eigenvalue weighted by atomic mass is 79.9. The number of thiol groups is 1.